The number of nitrogens with two attached hydrogens (primary N) is 1. The molecule has 4 rings (SSSR count). The van der Waals surface area contributed by atoms with Crippen molar-refractivity contribution < 1.29 is 18.7 Å². The molecule has 0 saturated carbocycles. The summed E-state index contributed by atoms with van der Waals surface area (Å²) in [5.41, 5.74) is 5.79. The molecule has 194 valence electrons. The highest BCUT2D eigenvalue weighted by Crippen LogP contribution is 2.17. The summed E-state index contributed by atoms with van der Waals surface area (Å²) in [7, 11) is 4.79. The average Bonchev–Trinajstić information content (AvgIpc) is 3.66. The van der Waals surface area contributed by atoms with Crippen molar-refractivity contribution in [2.75, 3.05) is 39.7 Å². The van der Waals surface area contributed by atoms with Gasteiger partial charge in [0, 0.05) is 33.0 Å². The summed E-state index contributed by atoms with van der Waals surface area (Å²) in [5, 5.41) is 18.2. The Balaban J connectivity index is 0.000000291. The van der Waals surface area contributed by atoms with Crippen LogP contribution in [0.15, 0.2) is 31.1 Å². The molecule has 0 aromatic carbocycles. The summed E-state index contributed by atoms with van der Waals surface area (Å²) in [4.78, 5) is 28.2. The second-order valence-electron chi connectivity index (χ2n) is 7.48. The molecular weight excluding hydrogens is 479 g/mol. The molecule has 12 heteroatoms. The fourth-order valence-corrected chi connectivity index (χ4v) is 3.67. The first-order valence-corrected chi connectivity index (χ1v) is 11.3. The molecule has 1 saturated heterocycles. The smallest absolute Gasteiger partial charge is 0.246 e. The third-order valence-electron chi connectivity index (χ3n) is 5.39. The zero-order chi connectivity index (χ0) is 27.4. The van der Waals surface area contributed by atoms with E-state index in [1.165, 1.54) is 29.8 Å². The Morgan fingerprint density at radius 3 is 2.84 bits per heavy atom. The van der Waals surface area contributed by atoms with Crippen molar-refractivity contribution in [1.29, 1.82) is 5.26 Å². The number of carbonyl (C=O) groups is 2. The number of amides is 1. The number of H-pyrrole nitrogens is 1. The van der Waals surface area contributed by atoms with Crippen molar-refractivity contribution in [2.24, 2.45) is 5.73 Å². The Labute approximate surface area is 214 Å². The van der Waals surface area contributed by atoms with Gasteiger partial charge in [-0.2, -0.15) is 10.4 Å². The van der Waals surface area contributed by atoms with Gasteiger partial charge in [0.05, 0.1) is 30.0 Å². The lowest BCUT2D eigenvalue weighted by Gasteiger charge is -2.22. The number of likely N-dealkylation sites (tertiary alicyclic amines) is 1. The van der Waals surface area contributed by atoms with Crippen molar-refractivity contribution in [2.45, 2.75) is 18.9 Å². The minimum absolute atomic E-state index is 0.0227. The van der Waals surface area contributed by atoms with E-state index in [4.69, 9.17) is 10.00 Å². The Morgan fingerprint density at radius 2 is 2.22 bits per heavy atom. The van der Waals surface area contributed by atoms with Crippen LogP contribution in [0.1, 0.15) is 40.2 Å². The molecule has 0 radical (unpaired) electrons. The van der Waals surface area contributed by atoms with Crippen LogP contribution in [0.3, 0.4) is 0 Å². The maximum absolute atomic E-state index is 14.1. The minimum Gasteiger partial charge on any atom is -0.383 e. The number of aldehydes is 1. The minimum atomic E-state index is -0.597. The van der Waals surface area contributed by atoms with Gasteiger partial charge in [0.1, 0.15) is 23.1 Å². The quantitative estimate of drug-likeness (QED) is 0.267. The maximum Gasteiger partial charge on any atom is 0.246 e. The molecule has 0 spiro atoms. The molecule has 1 fully saturated rings. The molecule has 0 bridgehead atoms. The van der Waals surface area contributed by atoms with Crippen LogP contribution >= 0.6 is 0 Å². The first-order chi connectivity index (χ1) is 18.0. The van der Waals surface area contributed by atoms with Crippen LogP contribution < -0.4 is 11.1 Å². The van der Waals surface area contributed by atoms with E-state index in [2.05, 4.69) is 44.7 Å². The zero-order valence-electron chi connectivity index (χ0n) is 20.9. The number of aromatic nitrogens is 4. The largest absolute Gasteiger partial charge is 0.383 e. The van der Waals surface area contributed by atoms with Gasteiger partial charge < -0.3 is 20.7 Å². The Hall–Kier alpha value is -4.52. The summed E-state index contributed by atoms with van der Waals surface area (Å²) in [6.07, 6.45) is 6.61. The first kappa shape index (κ1) is 28.7. The van der Waals surface area contributed by atoms with E-state index in [9.17, 15) is 14.0 Å². The highest BCUT2D eigenvalue weighted by Gasteiger charge is 2.26. The van der Waals surface area contributed by atoms with E-state index in [0.717, 1.165) is 25.6 Å². The topological polar surface area (TPSA) is 154 Å². The fourth-order valence-electron chi connectivity index (χ4n) is 3.67. The van der Waals surface area contributed by atoms with Crippen LogP contribution in [0.5, 0.6) is 0 Å². The molecule has 4 N–H and O–H groups in total. The summed E-state index contributed by atoms with van der Waals surface area (Å²) in [6, 6.07) is 3.61. The zero-order valence-corrected chi connectivity index (χ0v) is 20.9. The van der Waals surface area contributed by atoms with Gasteiger partial charge in [-0.05, 0) is 31.9 Å². The maximum atomic E-state index is 14.1. The molecule has 3 aromatic rings. The number of rotatable bonds is 5. The van der Waals surface area contributed by atoms with Crippen LogP contribution in [0.25, 0.3) is 5.65 Å². The predicted molar refractivity (Wildman–Crippen MR) is 136 cm³/mol. The van der Waals surface area contributed by atoms with Gasteiger partial charge >= 0.3 is 0 Å². The van der Waals surface area contributed by atoms with Gasteiger partial charge in [-0.15, -0.1) is 0 Å². The SMILES string of the molecule is C=CC(=O)N1CCCC1COC.CN.CNc1n[nH]c(C#Cc2cc3ncc(C#N)n3cc2F)c1C=O. The molecule has 1 unspecified atom stereocenters. The number of methoxy groups -OCH3 is 1. The number of hydrogen-bond acceptors (Lipinski definition) is 8. The molecule has 3 aromatic heterocycles. The lowest BCUT2D eigenvalue weighted by molar-refractivity contribution is -0.127. The number of pyridine rings is 1. The van der Waals surface area contributed by atoms with Gasteiger partial charge in [0.25, 0.3) is 0 Å². The fraction of sp³-hybridized carbons (Fsp3) is 0.320. The summed E-state index contributed by atoms with van der Waals surface area (Å²) < 4.78 is 20.5. The highest BCUT2D eigenvalue weighted by atomic mass is 19.1. The van der Waals surface area contributed by atoms with Gasteiger partial charge in [0.2, 0.25) is 5.91 Å². The molecule has 11 nitrogen and oxygen atoms in total. The third-order valence-corrected chi connectivity index (χ3v) is 5.39. The molecular formula is C25H29FN8O3. The first-order valence-electron chi connectivity index (χ1n) is 11.3. The van der Waals surface area contributed by atoms with Crippen molar-refractivity contribution in [1.82, 2.24) is 24.5 Å². The molecule has 1 amide bonds. The van der Waals surface area contributed by atoms with Gasteiger partial charge in [0.15, 0.2) is 17.9 Å². The van der Waals surface area contributed by atoms with E-state index >= 15 is 0 Å². The third kappa shape index (κ3) is 6.79. The molecule has 37 heavy (non-hydrogen) atoms. The molecule has 4 heterocycles. The van der Waals surface area contributed by atoms with E-state index in [-0.39, 0.29) is 34.5 Å². The number of hydrogen-bond donors (Lipinski definition) is 3. The van der Waals surface area contributed by atoms with E-state index < -0.39 is 5.82 Å². The second-order valence-corrected chi connectivity index (χ2v) is 7.48. The number of fused-ring (bicyclic) bond motifs is 1. The van der Waals surface area contributed by atoms with E-state index in [1.54, 1.807) is 14.2 Å². The van der Waals surface area contributed by atoms with Crippen LogP contribution in [0, 0.1) is 29.0 Å². The lowest BCUT2D eigenvalue weighted by atomic mass is 10.2. The van der Waals surface area contributed by atoms with Crippen LogP contribution in [0.4, 0.5) is 10.2 Å². The number of aromatic amines is 1. The molecule has 1 aliphatic heterocycles. The molecule has 1 aliphatic rings. The van der Waals surface area contributed by atoms with Gasteiger partial charge in [-0.1, -0.05) is 12.5 Å². The number of nitrogens with zero attached hydrogens (tertiary/aromatic N) is 5. The predicted octanol–water partition coefficient (Wildman–Crippen LogP) is 1.71. The van der Waals surface area contributed by atoms with E-state index in [1.807, 2.05) is 11.0 Å². The number of nitriles is 1. The van der Waals surface area contributed by atoms with E-state index in [0.29, 0.717) is 24.4 Å². The number of imidazole rings is 1. The van der Waals surface area contributed by atoms with Crippen molar-refractivity contribution in [3.8, 4) is 17.9 Å². The highest BCUT2D eigenvalue weighted by molar-refractivity contribution is 5.87. The van der Waals surface area contributed by atoms with Crippen LogP contribution in [0.2, 0.25) is 0 Å². The Kier molecular flexibility index (Phi) is 11.0. The van der Waals surface area contributed by atoms with Crippen molar-refractivity contribution in [3.05, 3.63) is 59.4 Å². The summed E-state index contributed by atoms with van der Waals surface area (Å²) in [6.45, 7) is 4.95. The normalized spacial score (nSPS) is 13.7. The standard InChI is InChI=1S/C15H9FN6O.C9H15NO2.CH5N/c1-18-15-11(8-23)13(20-21-15)3-2-9-4-14-19-6-10(5-17)22(14)7-12(9)16;1-3-9(11)10-6-4-5-8(10)7-12-2;1-2/h4,6-8H,1H3,(H2,18,20,21);3,8H,1,4-7H2,2H3;2H2,1H3. The van der Waals surface area contributed by atoms with Crippen molar-refractivity contribution in [3.63, 3.8) is 0 Å². The number of nitrogens with one attached hydrogen (secondary N) is 2. The van der Waals surface area contributed by atoms with Crippen LogP contribution in [-0.2, 0) is 9.53 Å². The lowest BCUT2D eigenvalue weighted by Crippen LogP contribution is -2.36. The van der Waals surface area contributed by atoms with Crippen LogP contribution in [-0.4, -0.2) is 77.1 Å². The van der Waals surface area contributed by atoms with Crippen molar-refractivity contribution >= 4 is 23.7 Å². The number of anilines is 1. The number of carbonyl (C=O) groups excluding carboxylic acids is 2. The summed E-state index contributed by atoms with van der Waals surface area (Å²) in [5.74, 6) is 5.12. The summed E-state index contributed by atoms with van der Waals surface area (Å²) >= 11 is 0. The number of halogens is 1. The van der Waals surface area contributed by atoms with Gasteiger partial charge in [-0.25, -0.2) is 9.37 Å². The Morgan fingerprint density at radius 1 is 1.46 bits per heavy atom. The molecule has 1 atom stereocenters. The monoisotopic (exact) mass is 508 g/mol. The molecule has 0 aliphatic carbocycles. The average molecular weight is 509 g/mol. The number of ether oxygens (including phenoxy) is 1. The van der Waals surface area contributed by atoms with Gasteiger partial charge in [-0.3, -0.25) is 19.1 Å². The second kappa shape index (κ2) is 14.1. The Bertz CT molecular complexity index is 1350.